The first-order valence-electron chi connectivity index (χ1n) is 10.1. The number of rotatable bonds is 5. The Balaban J connectivity index is 1.20. The molecule has 4 saturated carbocycles. The van der Waals surface area contributed by atoms with Gasteiger partial charge in [-0.15, -0.1) is 0 Å². The number of benzene rings is 1. The normalized spacial score (nSPS) is 32.2. The van der Waals surface area contributed by atoms with Gasteiger partial charge >= 0.3 is 5.69 Å². The van der Waals surface area contributed by atoms with Gasteiger partial charge in [0.25, 0.3) is 0 Å². The van der Waals surface area contributed by atoms with Crippen LogP contribution < -0.4 is 11.0 Å². The van der Waals surface area contributed by atoms with E-state index >= 15 is 0 Å². The standard InChI is InChI=1S/C21H27N3O2/c25-19(21-11-14-8-15(12-21)10-16(9-14)13-21)22-6-3-7-24-18-5-2-1-4-17(18)23-20(24)26/h1-2,4-5,14-16H,3,6-13H2,(H,22,25)(H,23,26). The van der Waals surface area contributed by atoms with Gasteiger partial charge in [-0.25, -0.2) is 4.79 Å². The van der Waals surface area contributed by atoms with Crippen molar-refractivity contribution in [2.75, 3.05) is 6.54 Å². The molecule has 4 bridgehead atoms. The zero-order valence-electron chi connectivity index (χ0n) is 15.2. The van der Waals surface area contributed by atoms with Crippen LogP contribution in [0.4, 0.5) is 0 Å². The van der Waals surface area contributed by atoms with Crippen molar-refractivity contribution >= 4 is 16.9 Å². The van der Waals surface area contributed by atoms with E-state index in [0.29, 0.717) is 13.1 Å². The number of nitrogens with one attached hydrogen (secondary N) is 2. The van der Waals surface area contributed by atoms with Gasteiger partial charge in [0.15, 0.2) is 0 Å². The van der Waals surface area contributed by atoms with Crippen LogP contribution in [0.25, 0.3) is 11.0 Å². The molecule has 5 nitrogen and oxygen atoms in total. The quantitative estimate of drug-likeness (QED) is 0.811. The summed E-state index contributed by atoms with van der Waals surface area (Å²) in [5.41, 5.74) is 1.66. The fraction of sp³-hybridized carbons (Fsp3) is 0.619. The van der Waals surface area contributed by atoms with Gasteiger partial charge in [-0.3, -0.25) is 9.36 Å². The molecule has 1 heterocycles. The summed E-state index contributed by atoms with van der Waals surface area (Å²) in [6.45, 7) is 1.27. The van der Waals surface area contributed by atoms with E-state index in [-0.39, 0.29) is 17.0 Å². The highest BCUT2D eigenvalue weighted by Crippen LogP contribution is 2.60. The SMILES string of the molecule is O=C(NCCCn1c(=O)[nH]c2ccccc21)C12CC3CC(CC(C3)C1)C2. The molecule has 0 aliphatic heterocycles. The van der Waals surface area contributed by atoms with E-state index in [1.165, 1.54) is 19.3 Å². The minimum atomic E-state index is -0.0770. The van der Waals surface area contributed by atoms with Crippen LogP contribution in [0.15, 0.2) is 29.1 Å². The zero-order chi connectivity index (χ0) is 17.7. The maximum atomic E-state index is 13.0. The number of H-pyrrole nitrogens is 1. The molecule has 0 saturated heterocycles. The molecular weight excluding hydrogens is 326 g/mol. The van der Waals surface area contributed by atoms with Gasteiger partial charge in [-0.1, -0.05) is 12.1 Å². The van der Waals surface area contributed by atoms with Crippen LogP contribution in [-0.2, 0) is 11.3 Å². The summed E-state index contributed by atoms with van der Waals surface area (Å²) in [6.07, 6.45) is 8.16. The highest BCUT2D eigenvalue weighted by Gasteiger charge is 2.54. The van der Waals surface area contributed by atoms with Crippen LogP contribution in [-0.4, -0.2) is 22.0 Å². The number of aryl methyl sites for hydroxylation is 1. The van der Waals surface area contributed by atoms with Crippen molar-refractivity contribution in [3.05, 3.63) is 34.7 Å². The fourth-order valence-electron chi connectivity index (χ4n) is 6.34. The van der Waals surface area contributed by atoms with E-state index in [4.69, 9.17) is 0 Å². The average Bonchev–Trinajstić information content (AvgIpc) is 2.92. The number of imidazole rings is 1. The van der Waals surface area contributed by atoms with Crippen molar-refractivity contribution < 1.29 is 4.79 Å². The van der Waals surface area contributed by atoms with Crippen LogP contribution in [0.3, 0.4) is 0 Å². The van der Waals surface area contributed by atoms with E-state index < -0.39 is 0 Å². The Labute approximate surface area is 153 Å². The van der Waals surface area contributed by atoms with Crippen molar-refractivity contribution in [2.45, 2.75) is 51.5 Å². The molecule has 0 atom stereocenters. The highest BCUT2D eigenvalue weighted by molar-refractivity contribution is 5.83. The summed E-state index contributed by atoms with van der Waals surface area (Å²) < 4.78 is 1.77. The number of nitrogens with zero attached hydrogens (tertiary/aromatic N) is 1. The van der Waals surface area contributed by atoms with Crippen molar-refractivity contribution in [3.63, 3.8) is 0 Å². The zero-order valence-corrected chi connectivity index (χ0v) is 15.2. The molecule has 0 unspecified atom stereocenters. The minimum Gasteiger partial charge on any atom is -0.356 e. The number of carbonyl (C=O) groups is 1. The summed E-state index contributed by atoms with van der Waals surface area (Å²) in [7, 11) is 0. The molecular formula is C21H27N3O2. The van der Waals surface area contributed by atoms with E-state index in [0.717, 1.165) is 54.5 Å². The molecule has 138 valence electrons. The van der Waals surface area contributed by atoms with Gasteiger partial charge in [0.05, 0.1) is 11.0 Å². The molecule has 2 N–H and O–H groups in total. The number of aromatic nitrogens is 2. The lowest BCUT2D eigenvalue weighted by atomic mass is 9.49. The van der Waals surface area contributed by atoms with Crippen LogP contribution >= 0.6 is 0 Å². The maximum absolute atomic E-state index is 13.0. The summed E-state index contributed by atoms with van der Waals surface area (Å²) in [5.74, 6) is 2.65. The third-order valence-corrected chi connectivity index (χ3v) is 7.05. The largest absolute Gasteiger partial charge is 0.356 e. The molecule has 4 aliphatic carbocycles. The first kappa shape index (κ1) is 16.2. The molecule has 6 rings (SSSR count). The van der Waals surface area contributed by atoms with E-state index in [1.807, 2.05) is 24.3 Å². The molecule has 4 aliphatic rings. The number of aromatic amines is 1. The summed E-state index contributed by atoms with van der Waals surface area (Å²) in [5, 5.41) is 3.21. The maximum Gasteiger partial charge on any atom is 0.326 e. The van der Waals surface area contributed by atoms with Crippen LogP contribution in [0, 0.1) is 23.2 Å². The van der Waals surface area contributed by atoms with Gasteiger partial charge in [0.2, 0.25) is 5.91 Å². The summed E-state index contributed by atoms with van der Waals surface area (Å²) in [6, 6.07) is 7.75. The first-order valence-corrected chi connectivity index (χ1v) is 10.1. The lowest BCUT2D eigenvalue weighted by Crippen LogP contribution is -2.53. The molecule has 1 aromatic carbocycles. The highest BCUT2D eigenvalue weighted by atomic mass is 16.2. The van der Waals surface area contributed by atoms with Gasteiger partial charge in [0, 0.05) is 18.5 Å². The van der Waals surface area contributed by atoms with E-state index in [2.05, 4.69) is 10.3 Å². The summed E-state index contributed by atoms with van der Waals surface area (Å²) >= 11 is 0. The molecule has 4 fully saturated rings. The third kappa shape index (κ3) is 2.60. The molecule has 5 heteroatoms. The van der Waals surface area contributed by atoms with Crippen molar-refractivity contribution in [1.82, 2.24) is 14.9 Å². The number of para-hydroxylation sites is 2. The minimum absolute atomic E-state index is 0.0707. The van der Waals surface area contributed by atoms with Crippen LogP contribution in [0.1, 0.15) is 44.9 Å². The Morgan fingerprint density at radius 2 is 1.77 bits per heavy atom. The number of hydrogen-bond donors (Lipinski definition) is 2. The van der Waals surface area contributed by atoms with E-state index in [1.54, 1.807) is 4.57 Å². The second-order valence-corrected chi connectivity index (χ2v) is 8.91. The number of carbonyl (C=O) groups excluding carboxylic acids is 1. The molecule has 0 spiro atoms. The van der Waals surface area contributed by atoms with Crippen molar-refractivity contribution in [3.8, 4) is 0 Å². The Morgan fingerprint density at radius 3 is 2.46 bits per heavy atom. The molecule has 1 aromatic heterocycles. The Morgan fingerprint density at radius 1 is 1.12 bits per heavy atom. The number of hydrogen-bond acceptors (Lipinski definition) is 2. The Bertz CT molecular complexity index is 859. The van der Waals surface area contributed by atoms with Gasteiger partial charge in [-0.05, 0) is 74.8 Å². The lowest BCUT2D eigenvalue weighted by molar-refractivity contribution is -0.146. The summed E-state index contributed by atoms with van der Waals surface area (Å²) in [4.78, 5) is 28.0. The Hall–Kier alpha value is -2.04. The van der Waals surface area contributed by atoms with Gasteiger partial charge < -0.3 is 10.3 Å². The second kappa shape index (κ2) is 6.00. The monoisotopic (exact) mass is 353 g/mol. The fourth-order valence-corrected chi connectivity index (χ4v) is 6.34. The predicted molar refractivity (Wildman–Crippen MR) is 101 cm³/mol. The van der Waals surface area contributed by atoms with Crippen molar-refractivity contribution in [2.24, 2.45) is 23.2 Å². The average molecular weight is 353 g/mol. The molecule has 26 heavy (non-hydrogen) atoms. The van der Waals surface area contributed by atoms with Crippen LogP contribution in [0.2, 0.25) is 0 Å². The smallest absolute Gasteiger partial charge is 0.326 e. The third-order valence-electron chi connectivity index (χ3n) is 7.05. The van der Waals surface area contributed by atoms with Gasteiger partial charge in [-0.2, -0.15) is 0 Å². The number of amides is 1. The topological polar surface area (TPSA) is 66.9 Å². The molecule has 2 aromatic rings. The number of fused-ring (bicyclic) bond motifs is 1. The lowest BCUT2D eigenvalue weighted by Gasteiger charge is -2.55. The van der Waals surface area contributed by atoms with Crippen molar-refractivity contribution in [1.29, 1.82) is 0 Å². The predicted octanol–water partition coefficient (Wildman–Crippen LogP) is 3.05. The Kier molecular flexibility index (Phi) is 3.73. The molecule has 1 amide bonds. The first-order chi connectivity index (χ1) is 12.6. The molecule has 0 radical (unpaired) electrons. The second-order valence-electron chi connectivity index (χ2n) is 8.91. The van der Waals surface area contributed by atoms with Gasteiger partial charge in [0.1, 0.15) is 0 Å². The van der Waals surface area contributed by atoms with Crippen LogP contribution in [0.5, 0.6) is 0 Å². The van der Waals surface area contributed by atoms with E-state index in [9.17, 15) is 9.59 Å².